The lowest BCUT2D eigenvalue weighted by Gasteiger charge is -2.37. The summed E-state index contributed by atoms with van der Waals surface area (Å²) < 4.78 is 0. The number of nitro groups is 1. The van der Waals surface area contributed by atoms with E-state index >= 15 is 0 Å². The van der Waals surface area contributed by atoms with Crippen molar-refractivity contribution in [3.05, 3.63) is 27.9 Å². The van der Waals surface area contributed by atoms with Gasteiger partial charge in [-0.15, -0.1) is 0 Å². The highest BCUT2D eigenvalue weighted by Crippen LogP contribution is 2.33. The van der Waals surface area contributed by atoms with Crippen LogP contribution in [0.5, 0.6) is 0 Å². The highest BCUT2D eigenvalue weighted by atomic mass is 16.6. The van der Waals surface area contributed by atoms with Crippen LogP contribution in [0.4, 0.5) is 11.5 Å². The third-order valence-electron chi connectivity index (χ3n) is 4.18. The predicted octanol–water partition coefficient (Wildman–Crippen LogP) is 2.25. The Morgan fingerprint density at radius 1 is 1.50 bits per heavy atom. The van der Waals surface area contributed by atoms with Gasteiger partial charge in [0.15, 0.2) is 0 Å². The molecule has 1 heterocycles. The monoisotopic (exact) mass is 278 g/mol. The van der Waals surface area contributed by atoms with Crippen molar-refractivity contribution in [2.75, 3.05) is 18.5 Å². The molecule has 0 aromatic carbocycles. The Labute approximate surface area is 119 Å². The molecule has 2 unspecified atom stereocenters. The summed E-state index contributed by atoms with van der Waals surface area (Å²) >= 11 is 0. The largest absolute Gasteiger partial charge is 0.351 e. The molecule has 6 nitrogen and oxygen atoms in total. The Hall–Kier alpha value is -1.69. The van der Waals surface area contributed by atoms with Gasteiger partial charge in [0.25, 0.3) is 0 Å². The number of anilines is 1. The van der Waals surface area contributed by atoms with Crippen LogP contribution < -0.4 is 10.6 Å². The molecule has 2 rings (SSSR count). The molecule has 1 aliphatic rings. The minimum absolute atomic E-state index is 0.0776. The van der Waals surface area contributed by atoms with Gasteiger partial charge in [0.05, 0.1) is 4.92 Å². The summed E-state index contributed by atoms with van der Waals surface area (Å²) in [7, 11) is 1.89. The summed E-state index contributed by atoms with van der Waals surface area (Å²) in [5, 5.41) is 11.2. The van der Waals surface area contributed by atoms with Crippen molar-refractivity contribution in [1.29, 1.82) is 0 Å². The molecule has 6 heteroatoms. The molecule has 1 fully saturated rings. The molecule has 0 amide bonds. The van der Waals surface area contributed by atoms with E-state index in [1.807, 2.05) is 18.9 Å². The van der Waals surface area contributed by atoms with Crippen LogP contribution in [0.25, 0.3) is 0 Å². The first-order valence-corrected chi connectivity index (χ1v) is 7.08. The molecule has 2 N–H and O–H groups in total. The minimum atomic E-state index is -0.355. The van der Waals surface area contributed by atoms with Crippen LogP contribution >= 0.6 is 0 Å². The van der Waals surface area contributed by atoms with Gasteiger partial charge in [-0.3, -0.25) is 10.1 Å². The lowest BCUT2D eigenvalue weighted by atomic mass is 9.83. The molecule has 1 saturated carbocycles. The average molecular weight is 278 g/mol. The smallest absolute Gasteiger partial charge is 0.311 e. The van der Waals surface area contributed by atoms with Gasteiger partial charge < -0.3 is 10.6 Å². The van der Waals surface area contributed by atoms with E-state index in [4.69, 9.17) is 5.73 Å². The van der Waals surface area contributed by atoms with Crippen molar-refractivity contribution < 1.29 is 4.92 Å². The first-order chi connectivity index (χ1) is 9.54. The molecular formula is C14H22N4O2. The third-order valence-corrected chi connectivity index (χ3v) is 4.18. The Morgan fingerprint density at radius 2 is 2.20 bits per heavy atom. The summed E-state index contributed by atoms with van der Waals surface area (Å²) in [6, 6.07) is 1.82. The number of hydrogen-bond acceptors (Lipinski definition) is 5. The highest BCUT2D eigenvalue weighted by Gasteiger charge is 2.31. The zero-order chi connectivity index (χ0) is 14.7. The fourth-order valence-electron chi connectivity index (χ4n) is 3.08. The summed E-state index contributed by atoms with van der Waals surface area (Å²) in [6.45, 7) is 2.43. The maximum absolute atomic E-state index is 11.2. The molecule has 2 atom stereocenters. The molecule has 1 aromatic heterocycles. The van der Waals surface area contributed by atoms with Gasteiger partial charge in [-0.2, -0.15) is 0 Å². The summed E-state index contributed by atoms with van der Waals surface area (Å²) in [5.41, 5.74) is 6.73. The Balaban J connectivity index is 2.32. The van der Waals surface area contributed by atoms with E-state index in [1.54, 1.807) is 12.3 Å². The van der Waals surface area contributed by atoms with Gasteiger partial charge in [-0.1, -0.05) is 12.8 Å². The van der Waals surface area contributed by atoms with Crippen LogP contribution in [-0.2, 0) is 0 Å². The normalized spacial score (nSPS) is 22.6. The maximum Gasteiger partial charge on any atom is 0.311 e. The Kier molecular flexibility index (Phi) is 4.54. The lowest BCUT2D eigenvalue weighted by Crippen LogP contribution is -2.43. The number of nitrogens with two attached hydrogens (primary N) is 1. The van der Waals surface area contributed by atoms with Gasteiger partial charge >= 0.3 is 5.69 Å². The van der Waals surface area contributed by atoms with Crippen LogP contribution in [0.1, 0.15) is 31.2 Å². The molecule has 0 bridgehead atoms. The second-order valence-corrected chi connectivity index (χ2v) is 5.57. The van der Waals surface area contributed by atoms with Gasteiger partial charge in [-0.05, 0) is 37.8 Å². The van der Waals surface area contributed by atoms with Crippen LogP contribution in [0.3, 0.4) is 0 Å². The fraction of sp³-hybridized carbons (Fsp3) is 0.643. The number of pyridine rings is 1. The molecule has 1 aliphatic carbocycles. The standard InChI is InChI=1S/C14H22N4O2/c1-10-7-13(18(19)20)14(16-9-10)17(2)12-6-4-3-5-11(12)8-15/h7,9,11-12H,3-6,8,15H2,1-2H3. The molecule has 20 heavy (non-hydrogen) atoms. The van der Waals surface area contributed by atoms with Gasteiger partial charge in [0.1, 0.15) is 0 Å². The zero-order valence-corrected chi connectivity index (χ0v) is 12.1. The second kappa shape index (κ2) is 6.17. The van der Waals surface area contributed by atoms with Crippen molar-refractivity contribution in [2.45, 2.75) is 38.6 Å². The second-order valence-electron chi connectivity index (χ2n) is 5.57. The van der Waals surface area contributed by atoms with E-state index in [-0.39, 0.29) is 16.7 Å². The van der Waals surface area contributed by atoms with Crippen molar-refractivity contribution in [1.82, 2.24) is 4.98 Å². The van der Waals surface area contributed by atoms with Crippen molar-refractivity contribution in [3.63, 3.8) is 0 Å². The average Bonchev–Trinajstić information content (AvgIpc) is 2.46. The van der Waals surface area contributed by atoms with Crippen molar-refractivity contribution in [3.8, 4) is 0 Å². The number of aryl methyl sites for hydroxylation is 1. The number of aromatic nitrogens is 1. The summed E-state index contributed by atoms with van der Waals surface area (Å²) in [6.07, 6.45) is 6.12. The molecule has 0 aliphatic heterocycles. The Bertz CT molecular complexity index is 492. The molecule has 0 radical (unpaired) electrons. The van der Waals surface area contributed by atoms with E-state index in [0.29, 0.717) is 18.3 Å². The molecule has 0 spiro atoms. The molecule has 110 valence electrons. The van der Waals surface area contributed by atoms with Crippen LogP contribution in [0, 0.1) is 23.0 Å². The molecular weight excluding hydrogens is 256 g/mol. The summed E-state index contributed by atoms with van der Waals surface area (Å²) in [4.78, 5) is 17.1. The van der Waals surface area contributed by atoms with Gasteiger partial charge in [0, 0.05) is 25.4 Å². The van der Waals surface area contributed by atoms with Gasteiger partial charge in [0.2, 0.25) is 5.82 Å². The van der Waals surface area contributed by atoms with Gasteiger partial charge in [-0.25, -0.2) is 4.98 Å². The van der Waals surface area contributed by atoms with Crippen molar-refractivity contribution >= 4 is 11.5 Å². The number of hydrogen-bond donors (Lipinski definition) is 1. The predicted molar refractivity (Wildman–Crippen MR) is 78.8 cm³/mol. The van der Waals surface area contributed by atoms with Crippen LogP contribution in [-0.4, -0.2) is 29.5 Å². The SMILES string of the molecule is Cc1cnc(N(C)C2CCCCC2CN)c([N+](=O)[O-])c1. The lowest BCUT2D eigenvalue weighted by molar-refractivity contribution is -0.384. The fourth-order valence-corrected chi connectivity index (χ4v) is 3.08. The molecule has 0 saturated heterocycles. The van der Waals surface area contributed by atoms with Crippen molar-refractivity contribution in [2.24, 2.45) is 11.7 Å². The number of rotatable bonds is 4. The van der Waals surface area contributed by atoms with E-state index in [9.17, 15) is 10.1 Å². The van der Waals surface area contributed by atoms with E-state index < -0.39 is 0 Å². The number of nitrogens with zero attached hydrogens (tertiary/aromatic N) is 3. The zero-order valence-electron chi connectivity index (χ0n) is 12.1. The van der Waals surface area contributed by atoms with E-state index in [1.165, 1.54) is 6.42 Å². The topological polar surface area (TPSA) is 85.3 Å². The van der Waals surface area contributed by atoms with E-state index in [2.05, 4.69) is 4.98 Å². The Morgan fingerprint density at radius 3 is 2.85 bits per heavy atom. The summed E-state index contributed by atoms with van der Waals surface area (Å²) in [5.74, 6) is 0.836. The van der Waals surface area contributed by atoms with E-state index in [0.717, 1.165) is 24.8 Å². The first-order valence-electron chi connectivity index (χ1n) is 7.08. The first kappa shape index (κ1) is 14.7. The minimum Gasteiger partial charge on any atom is -0.351 e. The third kappa shape index (κ3) is 2.90. The van der Waals surface area contributed by atoms with Crippen LogP contribution in [0.2, 0.25) is 0 Å². The quantitative estimate of drug-likeness (QED) is 0.674. The van der Waals surface area contributed by atoms with Crippen LogP contribution in [0.15, 0.2) is 12.3 Å². The highest BCUT2D eigenvalue weighted by molar-refractivity contribution is 5.58. The maximum atomic E-state index is 11.2. The molecule has 1 aromatic rings.